The molecule has 1 unspecified atom stereocenters. The molecular formula is C8H18O2. The third-order valence-electron chi connectivity index (χ3n) is 1.72. The van der Waals surface area contributed by atoms with E-state index in [1.54, 1.807) is 0 Å². The molecule has 0 aromatic heterocycles. The van der Waals surface area contributed by atoms with Gasteiger partial charge in [-0.1, -0.05) is 13.3 Å². The Balaban J connectivity index is 0.000000371. The molecule has 62 valence electrons. The monoisotopic (exact) mass is 146 g/mol. The molecule has 0 saturated carbocycles. The van der Waals surface area contributed by atoms with E-state index in [2.05, 4.69) is 6.92 Å². The summed E-state index contributed by atoms with van der Waals surface area (Å²) in [7, 11) is 1.00. The van der Waals surface area contributed by atoms with Crippen LogP contribution in [-0.4, -0.2) is 25.4 Å². The van der Waals surface area contributed by atoms with Crippen molar-refractivity contribution >= 4 is 0 Å². The Morgan fingerprint density at radius 2 is 2.20 bits per heavy atom. The van der Waals surface area contributed by atoms with Gasteiger partial charge in [0.25, 0.3) is 0 Å². The van der Waals surface area contributed by atoms with Gasteiger partial charge in [0.05, 0.1) is 0 Å². The first-order valence-electron chi connectivity index (χ1n) is 3.96. The SMILES string of the molecule is CCCC1CCOC1.CO. The topological polar surface area (TPSA) is 29.5 Å². The second-order valence-electron chi connectivity index (χ2n) is 2.52. The smallest absolute Gasteiger partial charge is 0.0495 e. The van der Waals surface area contributed by atoms with Crippen molar-refractivity contribution < 1.29 is 9.84 Å². The number of rotatable bonds is 2. The molecule has 0 radical (unpaired) electrons. The van der Waals surface area contributed by atoms with Gasteiger partial charge < -0.3 is 9.84 Å². The van der Waals surface area contributed by atoms with E-state index in [1.165, 1.54) is 19.3 Å². The highest BCUT2D eigenvalue weighted by atomic mass is 16.5. The predicted molar refractivity (Wildman–Crippen MR) is 42.0 cm³/mol. The lowest BCUT2D eigenvalue weighted by Gasteiger charge is -2.01. The Morgan fingerprint density at radius 3 is 2.60 bits per heavy atom. The molecule has 0 spiro atoms. The maximum atomic E-state index is 7.00. The van der Waals surface area contributed by atoms with Gasteiger partial charge >= 0.3 is 0 Å². The van der Waals surface area contributed by atoms with E-state index in [0.29, 0.717) is 0 Å². The van der Waals surface area contributed by atoms with Crippen LogP contribution < -0.4 is 0 Å². The van der Waals surface area contributed by atoms with Crippen molar-refractivity contribution in [2.75, 3.05) is 20.3 Å². The zero-order chi connectivity index (χ0) is 7.82. The Hall–Kier alpha value is -0.0800. The number of aliphatic hydroxyl groups is 1. The van der Waals surface area contributed by atoms with Gasteiger partial charge in [0.2, 0.25) is 0 Å². The predicted octanol–water partition coefficient (Wildman–Crippen LogP) is 1.43. The van der Waals surface area contributed by atoms with Crippen LogP contribution in [0.15, 0.2) is 0 Å². The van der Waals surface area contributed by atoms with Crippen molar-refractivity contribution in [1.29, 1.82) is 0 Å². The molecule has 0 aromatic rings. The average molecular weight is 146 g/mol. The molecule has 1 fully saturated rings. The van der Waals surface area contributed by atoms with Gasteiger partial charge in [0.15, 0.2) is 0 Å². The minimum atomic E-state index is 0.889. The summed E-state index contributed by atoms with van der Waals surface area (Å²) in [6.45, 7) is 4.26. The molecule has 2 heteroatoms. The van der Waals surface area contributed by atoms with Gasteiger partial charge in [0, 0.05) is 20.3 Å². The fourth-order valence-corrected chi connectivity index (χ4v) is 1.22. The van der Waals surface area contributed by atoms with Crippen molar-refractivity contribution in [2.45, 2.75) is 26.2 Å². The van der Waals surface area contributed by atoms with E-state index in [0.717, 1.165) is 26.2 Å². The number of hydrogen-bond donors (Lipinski definition) is 1. The van der Waals surface area contributed by atoms with E-state index in [9.17, 15) is 0 Å². The summed E-state index contributed by atoms with van der Waals surface area (Å²) in [5, 5.41) is 7.00. The van der Waals surface area contributed by atoms with Crippen molar-refractivity contribution in [2.24, 2.45) is 5.92 Å². The Labute approximate surface area is 63.2 Å². The zero-order valence-electron chi connectivity index (χ0n) is 6.97. The normalized spacial score (nSPS) is 23.7. The summed E-state index contributed by atoms with van der Waals surface area (Å²) in [6, 6.07) is 0. The lowest BCUT2D eigenvalue weighted by Crippen LogP contribution is -1.96. The summed E-state index contributed by atoms with van der Waals surface area (Å²) in [5.74, 6) is 0.889. The molecule has 1 heterocycles. The van der Waals surface area contributed by atoms with Crippen LogP contribution in [0.25, 0.3) is 0 Å². The zero-order valence-corrected chi connectivity index (χ0v) is 6.97. The highest BCUT2D eigenvalue weighted by Gasteiger charge is 2.13. The first-order valence-corrected chi connectivity index (χ1v) is 3.96. The molecule has 1 aliphatic rings. The lowest BCUT2D eigenvalue weighted by molar-refractivity contribution is 0.184. The summed E-state index contributed by atoms with van der Waals surface area (Å²) in [6.07, 6.45) is 3.97. The second kappa shape index (κ2) is 7.03. The molecule has 1 saturated heterocycles. The molecule has 0 bridgehead atoms. The summed E-state index contributed by atoms with van der Waals surface area (Å²) in [4.78, 5) is 0. The molecule has 0 amide bonds. The van der Waals surface area contributed by atoms with E-state index >= 15 is 0 Å². The summed E-state index contributed by atoms with van der Waals surface area (Å²) in [5.41, 5.74) is 0. The maximum absolute atomic E-state index is 7.00. The van der Waals surface area contributed by atoms with Gasteiger partial charge in [-0.2, -0.15) is 0 Å². The molecular weight excluding hydrogens is 128 g/mol. The van der Waals surface area contributed by atoms with Gasteiger partial charge in [-0.05, 0) is 18.8 Å². The Morgan fingerprint density at radius 1 is 1.50 bits per heavy atom. The third-order valence-corrected chi connectivity index (χ3v) is 1.72. The molecule has 0 aromatic carbocycles. The second-order valence-corrected chi connectivity index (χ2v) is 2.52. The van der Waals surface area contributed by atoms with Crippen LogP contribution in [-0.2, 0) is 4.74 Å². The minimum absolute atomic E-state index is 0.889. The van der Waals surface area contributed by atoms with Crippen LogP contribution >= 0.6 is 0 Å². The van der Waals surface area contributed by atoms with Gasteiger partial charge in [0.1, 0.15) is 0 Å². The van der Waals surface area contributed by atoms with Crippen LogP contribution in [0.4, 0.5) is 0 Å². The first kappa shape index (κ1) is 9.92. The molecule has 1 aliphatic heterocycles. The first-order chi connectivity index (χ1) is 4.93. The van der Waals surface area contributed by atoms with Gasteiger partial charge in [-0.15, -0.1) is 0 Å². The minimum Gasteiger partial charge on any atom is -0.400 e. The fraction of sp³-hybridized carbons (Fsp3) is 1.00. The number of hydrogen-bond acceptors (Lipinski definition) is 2. The highest BCUT2D eigenvalue weighted by molar-refractivity contribution is 4.62. The average Bonchev–Trinajstić information content (AvgIpc) is 2.46. The molecule has 1 N–H and O–H groups in total. The molecule has 1 rings (SSSR count). The third kappa shape index (κ3) is 3.85. The molecule has 1 atom stereocenters. The van der Waals surface area contributed by atoms with Crippen molar-refractivity contribution in [1.82, 2.24) is 0 Å². The van der Waals surface area contributed by atoms with Crippen LogP contribution in [0.2, 0.25) is 0 Å². The number of aliphatic hydroxyl groups excluding tert-OH is 1. The van der Waals surface area contributed by atoms with Crippen molar-refractivity contribution in [3.8, 4) is 0 Å². The van der Waals surface area contributed by atoms with Crippen molar-refractivity contribution in [3.05, 3.63) is 0 Å². The molecule has 2 nitrogen and oxygen atoms in total. The van der Waals surface area contributed by atoms with E-state index in [4.69, 9.17) is 9.84 Å². The fourth-order valence-electron chi connectivity index (χ4n) is 1.22. The maximum Gasteiger partial charge on any atom is 0.0495 e. The van der Waals surface area contributed by atoms with Crippen molar-refractivity contribution in [3.63, 3.8) is 0 Å². The standard InChI is InChI=1S/C7H14O.CH4O/c1-2-3-7-4-5-8-6-7;1-2/h7H,2-6H2,1H3;2H,1H3. The largest absolute Gasteiger partial charge is 0.400 e. The number of ether oxygens (including phenoxy) is 1. The van der Waals surface area contributed by atoms with Crippen LogP contribution in [0.3, 0.4) is 0 Å². The lowest BCUT2D eigenvalue weighted by atomic mass is 10.0. The van der Waals surface area contributed by atoms with Crippen LogP contribution in [0.5, 0.6) is 0 Å². The summed E-state index contributed by atoms with van der Waals surface area (Å²) < 4.78 is 5.21. The quantitative estimate of drug-likeness (QED) is 0.638. The molecule has 0 aliphatic carbocycles. The summed E-state index contributed by atoms with van der Waals surface area (Å²) >= 11 is 0. The van der Waals surface area contributed by atoms with Gasteiger partial charge in [-0.25, -0.2) is 0 Å². The Kier molecular flexibility index (Phi) is 6.98. The molecule has 10 heavy (non-hydrogen) atoms. The van der Waals surface area contributed by atoms with Gasteiger partial charge in [-0.3, -0.25) is 0 Å². The Bertz CT molecular complexity index is 58.3. The van der Waals surface area contributed by atoms with E-state index in [-0.39, 0.29) is 0 Å². The van der Waals surface area contributed by atoms with Crippen LogP contribution in [0, 0.1) is 5.92 Å². The van der Waals surface area contributed by atoms with Crippen LogP contribution in [0.1, 0.15) is 26.2 Å². The highest BCUT2D eigenvalue weighted by Crippen LogP contribution is 2.16. The van der Waals surface area contributed by atoms with E-state index in [1.807, 2.05) is 0 Å². The van der Waals surface area contributed by atoms with E-state index < -0.39 is 0 Å².